The van der Waals surface area contributed by atoms with E-state index in [1.54, 1.807) is 24.3 Å². The van der Waals surface area contributed by atoms with Gasteiger partial charge >= 0.3 is 5.91 Å². The van der Waals surface area contributed by atoms with E-state index in [1.807, 2.05) is 43.3 Å². The molecular formula is C26H19Br2N3O4. The normalized spacial score (nSPS) is 10.9. The molecule has 3 aromatic carbocycles. The number of hydrazone groups is 1. The first-order chi connectivity index (χ1) is 17.0. The van der Waals surface area contributed by atoms with Gasteiger partial charge < -0.3 is 13.9 Å². The quantitative estimate of drug-likeness (QED) is 0.183. The molecule has 0 aliphatic carbocycles. The van der Waals surface area contributed by atoms with Crippen LogP contribution >= 0.6 is 31.9 Å². The summed E-state index contributed by atoms with van der Waals surface area (Å²) in [6.07, 6.45) is 1.51. The number of hydrogen-bond donors (Lipinski definition) is 1. The lowest BCUT2D eigenvalue weighted by atomic mass is 10.1. The molecule has 1 N–H and O–H groups in total. The molecule has 0 radical (unpaired) electrons. The summed E-state index contributed by atoms with van der Waals surface area (Å²) in [5.41, 5.74) is 5.14. The van der Waals surface area contributed by atoms with Crippen molar-refractivity contribution in [2.24, 2.45) is 5.10 Å². The summed E-state index contributed by atoms with van der Waals surface area (Å²) < 4.78 is 18.4. The van der Waals surface area contributed by atoms with Crippen LogP contribution in [0.1, 0.15) is 34.2 Å². The van der Waals surface area contributed by atoms with Gasteiger partial charge in [0.05, 0.1) is 33.4 Å². The number of fused-ring (bicyclic) bond motifs is 1. The fraction of sp³-hybridized carbons (Fsp3) is 0.115. The minimum Gasteiger partial charge on any atom is -0.494 e. The van der Waals surface area contributed by atoms with Crippen molar-refractivity contribution in [3.63, 3.8) is 0 Å². The van der Waals surface area contributed by atoms with E-state index in [0.29, 0.717) is 38.2 Å². The van der Waals surface area contributed by atoms with E-state index in [-0.39, 0.29) is 12.4 Å². The maximum atomic E-state index is 12.5. The summed E-state index contributed by atoms with van der Waals surface area (Å²) in [4.78, 5) is 12.5. The average Bonchev–Trinajstić information content (AvgIpc) is 3.27. The predicted molar refractivity (Wildman–Crippen MR) is 140 cm³/mol. The third-order valence-electron chi connectivity index (χ3n) is 4.93. The minimum absolute atomic E-state index is 0.148. The fourth-order valence-electron chi connectivity index (χ4n) is 3.31. The van der Waals surface area contributed by atoms with Gasteiger partial charge in [-0.2, -0.15) is 10.4 Å². The second-order valence-corrected chi connectivity index (χ2v) is 9.02. The van der Waals surface area contributed by atoms with Crippen molar-refractivity contribution in [1.29, 1.82) is 5.26 Å². The van der Waals surface area contributed by atoms with E-state index in [2.05, 4.69) is 48.5 Å². The Hall–Kier alpha value is -3.61. The molecule has 1 amide bonds. The second-order valence-electron chi connectivity index (χ2n) is 7.31. The number of rotatable bonds is 8. The summed E-state index contributed by atoms with van der Waals surface area (Å²) in [6.45, 7) is 2.71. The fourth-order valence-corrected chi connectivity index (χ4v) is 4.76. The SMILES string of the molecule is CCOc1ccc2oc(C(=O)N/N=C/c3cc(Br)c(OCc4ccccc4C#N)c(Br)c3)cc2c1. The smallest absolute Gasteiger partial charge is 0.307 e. The predicted octanol–water partition coefficient (Wildman–Crippen LogP) is 6.57. The summed E-state index contributed by atoms with van der Waals surface area (Å²) in [5.74, 6) is 0.982. The van der Waals surface area contributed by atoms with E-state index in [0.717, 1.165) is 16.5 Å². The van der Waals surface area contributed by atoms with Crippen LogP contribution in [0.3, 0.4) is 0 Å². The molecule has 4 rings (SSSR count). The van der Waals surface area contributed by atoms with Crippen LogP contribution < -0.4 is 14.9 Å². The topological polar surface area (TPSA) is 96.8 Å². The van der Waals surface area contributed by atoms with Gasteiger partial charge in [0.25, 0.3) is 0 Å². The van der Waals surface area contributed by atoms with Gasteiger partial charge in [-0.3, -0.25) is 4.79 Å². The van der Waals surface area contributed by atoms with Crippen LogP contribution in [-0.2, 0) is 6.61 Å². The van der Waals surface area contributed by atoms with Gasteiger partial charge in [-0.25, -0.2) is 5.43 Å². The molecule has 0 saturated heterocycles. The van der Waals surface area contributed by atoms with Crippen LogP contribution in [0.2, 0.25) is 0 Å². The largest absolute Gasteiger partial charge is 0.494 e. The van der Waals surface area contributed by atoms with Gasteiger partial charge in [-0.1, -0.05) is 18.2 Å². The third-order valence-corrected chi connectivity index (χ3v) is 6.11. The van der Waals surface area contributed by atoms with Crippen molar-refractivity contribution in [3.05, 3.63) is 92.1 Å². The van der Waals surface area contributed by atoms with E-state index in [9.17, 15) is 10.1 Å². The molecular weight excluding hydrogens is 578 g/mol. The molecule has 35 heavy (non-hydrogen) atoms. The van der Waals surface area contributed by atoms with E-state index in [1.165, 1.54) is 6.21 Å². The highest BCUT2D eigenvalue weighted by Gasteiger charge is 2.13. The zero-order chi connectivity index (χ0) is 24.8. The number of furan rings is 1. The lowest BCUT2D eigenvalue weighted by Gasteiger charge is -2.12. The maximum Gasteiger partial charge on any atom is 0.307 e. The zero-order valence-electron chi connectivity index (χ0n) is 18.5. The number of nitrogens with zero attached hydrogens (tertiary/aromatic N) is 2. The number of nitrogens with one attached hydrogen (secondary N) is 1. The standard InChI is InChI=1S/C26H19Br2N3O4/c1-2-33-20-7-8-23-19(11-20)12-24(35-23)26(32)31-30-14-16-9-21(27)25(22(28)10-16)34-15-18-6-4-3-5-17(18)13-29/h3-12,14H,2,15H2,1H3,(H,31,32)/b30-14+. The Kier molecular flexibility index (Phi) is 7.85. The van der Waals surface area contributed by atoms with Crippen molar-refractivity contribution in [2.45, 2.75) is 13.5 Å². The van der Waals surface area contributed by atoms with Gasteiger partial charge in [-0.05, 0) is 86.8 Å². The molecule has 0 aliphatic rings. The van der Waals surface area contributed by atoms with Crippen molar-refractivity contribution in [3.8, 4) is 17.6 Å². The van der Waals surface area contributed by atoms with E-state index < -0.39 is 5.91 Å². The van der Waals surface area contributed by atoms with Crippen molar-refractivity contribution < 1.29 is 18.7 Å². The highest BCUT2D eigenvalue weighted by Crippen LogP contribution is 2.35. The van der Waals surface area contributed by atoms with Gasteiger partial charge in [0.15, 0.2) is 5.76 Å². The van der Waals surface area contributed by atoms with Gasteiger partial charge in [0.1, 0.15) is 23.7 Å². The lowest BCUT2D eigenvalue weighted by molar-refractivity contribution is 0.0929. The molecule has 0 unspecified atom stereocenters. The Morgan fingerprint density at radius 2 is 1.89 bits per heavy atom. The molecule has 7 nitrogen and oxygen atoms in total. The average molecular weight is 597 g/mol. The number of ether oxygens (including phenoxy) is 2. The molecule has 4 aromatic rings. The Labute approximate surface area is 218 Å². The number of nitriles is 1. The second kappa shape index (κ2) is 11.2. The summed E-state index contributed by atoms with van der Waals surface area (Å²) in [7, 11) is 0. The van der Waals surface area contributed by atoms with Crippen LogP contribution in [0.4, 0.5) is 0 Å². The molecule has 176 valence electrons. The number of benzene rings is 3. The van der Waals surface area contributed by atoms with Crippen LogP contribution in [0, 0.1) is 11.3 Å². The molecule has 0 fully saturated rings. The first-order valence-electron chi connectivity index (χ1n) is 10.6. The Bertz CT molecular complexity index is 1430. The number of halogens is 2. The minimum atomic E-state index is -0.468. The molecule has 1 heterocycles. The zero-order valence-corrected chi connectivity index (χ0v) is 21.7. The monoisotopic (exact) mass is 595 g/mol. The van der Waals surface area contributed by atoms with Crippen LogP contribution in [0.15, 0.2) is 79.1 Å². The highest BCUT2D eigenvalue weighted by molar-refractivity contribution is 9.11. The maximum absolute atomic E-state index is 12.5. The molecule has 0 bridgehead atoms. The summed E-state index contributed by atoms with van der Waals surface area (Å²) in [6, 6.07) is 20.1. The molecule has 9 heteroatoms. The highest BCUT2D eigenvalue weighted by atomic mass is 79.9. The van der Waals surface area contributed by atoms with Gasteiger partial charge in [-0.15, -0.1) is 0 Å². The Morgan fingerprint density at radius 3 is 2.63 bits per heavy atom. The lowest BCUT2D eigenvalue weighted by Crippen LogP contribution is -2.16. The van der Waals surface area contributed by atoms with Crippen LogP contribution in [-0.4, -0.2) is 18.7 Å². The number of hydrogen-bond acceptors (Lipinski definition) is 6. The Morgan fingerprint density at radius 1 is 1.11 bits per heavy atom. The molecule has 1 aromatic heterocycles. The van der Waals surface area contributed by atoms with E-state index >= 15 is 0 Å². The molecule has 0 spiro atoms. The third kappa shape index (κ3) is 5.91. The van der Waals surface area contributed by atoms with Crippen LogP contribution in [0.5, 0.6) is 11.5 Å². The van der Waals surface area contributed by atoms with Gasteiger partial charge in [0, 0.05) is 10.9 Å². The van der Waals surface area contributed by atoms with Crippen LogP contribution in [0.25, 0.3) is 11.0 Å². The first kappa shape index (κ1) is 24.5. The van der Waals surface area contributed by atoms with Gasteiger partial charge in [0.2, 0.25) is 0 Å². The molecule has 0 aliphatic heterocycles. The van der Waals surface area contributed by atoms with Crippen molar-refractivity contribution in [2.75, 3.05) is 6.61 Å². The molecule has 0 saturated carbocycles. The summed E-state index contributed by atoms with van der Waals surface area (Å²) >= 11 is 7.01. The number of carbonyl (C=O) groups excluding carboxylic acids is 1. The number of carbonyl (C=O) groups is 1. The first-order valence-corrected chi connectivity index (χ1v) is 12.2. The molecule has 0 atom stereocenters. The van der Waals surface area contributed by atoms with E-state index in [4.69, 9.17) is 13.9 Å². The summed E-state index contributed by atoms with van der Waals surface area (Å²) in [5, 5.41) is 14.0. The van der Waals surface area contributed by atoms with Crippen molar-refractivity contribution >= 4 is 55.0 Å². The number of amides is 1. The Balaban J connectivity index is 1.41. The van der Waals surface area contributed by atoms with Crippen molar-refractivity contribution in [1.82, 2.24) is 5.43 Å².